The molecule has 0 aliphatic carbocycles. The van der Waals surface area contributed by atoms with E-state index in [2.05, 4.69) is 11.2 Å². The number of rotatable bonds is 5. The predicted octanol–water partition coefficient (Wildman–Crippen LogP) is 2.18. The van der Waals surface area contributed by atoms with Gasteiger partial charge in [-0.2, -0.15) is 5.10 Å². The first-order valence-electron chi connectivity index (χ1n) is 6.93. The van der Waals surface area contributed by atoms with Gasteiger partial charge in [-0.1, -0.05) is 24.1 Å². The molecule has 1 aromatic carbocycles. The molecular formula is C15H21N3O2S. The number of nitrogens with two attached hydrogens (primary N) is 1. The van der Waals surface area contributed by atoms with E-state index >= 15 is 0 Å². The molecule has 0 saturated heterocycles. The predicted molar refractivity (Wildman–Crippen MR) is 85.9 cm³/mol. The molecule has 0 unspecified atom stereocenters. The van der Waals surface area contributed by atoms with Crippen LogP contribution in [0, 0.1) is 13.8 Å². The molecule has 0 bridgehead atoms. The van der Waals surface area contributed by atoms with Gasteiger partial charge in [-0.3, -0.25) is 4.68 Å². The maximum absolute atomic E-state index is 11.6. The molecule has 1 aromatic heterocycles. The van der Waals surface area contributed by atoms with Gasteiger partial charge in [-0.05, 0) is 26.0 Å². The van der Waals surface area contributed by atoms with Crippen molar-refractivity contribution in [1.29, 1.82) is 0 Å². The Bertz CT molecular complexity index is 728. The largest absolute Gasteiger partial charge is 0.396 e. The number of nitrogens with zero attached hydrogens (tertiary/aromatic N) is 2. The van der Waals surface area contributed by atoms with Crippen molar-refractivity contribution in [3.63, 3.8) is 0 Å². The summed E-state index contributed by atoms with van der Waals surface area (Å²) >= 11 is 0. The number of hydrogen-bond donors (Lipinski definition) is 1. The van der Waals surface area contributed by atoms with Crippen LogP contribution in [-0.4, -0.2) is 29.7 Å². The van der Waals surface area contributed by atoms with Crippen molar-refractivity contribution in [2.24, 2.45) is 0 Å². The van der Waals surface area contributed by atoms with Crippen LogP contribution in [0.1, 0.15) is 18.1 Å². The van der Waals surface area contributed by atoms with E-state index in [1.807, 2.05) is 26.0 Å². The summed E-state index contributed by atoms with van der Waals surface area (Å²) in [5.41, 5.74) is 10.5. The lowest BCUT2D eigenvalue weighted by Gasteiger charge is -2.03. The molecule has 0 atom stereocenters. The molecule has 21 heavy (non-hydrogen) atoms. The van der Waals surface area contributed by atoms with Crippen LogP contribution in [0.5, 0.6) is 0 Å². The highest BCUT2D eigenvalue weighted by atomic mass is 32.2. The third kappa shape index (κ3) is 3.85. The van der Waals surface area contributed by atoms with Crippen LogP contribution in [0.4, 0.5) is 5.69 Å². The lowest BCUT2D eigenvalue weighted by Crippen LogP contribution is -2.14. The summed E-state index contributed by atoms with van der Waals surface area (Å²) in [6.45, 7) is 6.02. The van der Waals surface area contributed by atoms with E-state index in [0.717, 1.165) is 16.7 Å². The molecule has 2 N–H and O–H groups in total. The highest BCUT2D eigenvalue weighted by molar-refractivity contribution is 7.91. The molecule has 0 spiro atoms. The van der Waals surface area contributed by atoms with E-state index < -0.39 is 9.84 Å². The second-order valence-corrected chi connectivity index (χ2v) is 7.78. The summed E-state index contributed by atoms with van der Waals surface area (Å²) in [4.78, 5) is 0. The first-order valence-corrected chi connectivity index (χ1v) is 8.75. The zero-order valence-corrected chi connectivity index (χ0v) is 13.4. The van der Waals surface area contributed by atoms with Crippen LogP contribution in [0.25, 0.3) is 11.3 Å². The van der Waals surface area contributed by atoms with Gasteiger partial charge in [0.05, 0.1) is 18.0 Å². The summed E-state index contributed by atoms with van der Waals surface area (Å²) in [5.74, 6) is 0.227. The van der Waals surface area contributed by atoms with Crippen molar-refractivity contribution in [3.05, 3.63) is 35.5 Å². The molecule has 114 valence electrons. The number of hydrogen-bond acceptors (Lipinski definition) is 4. The Balaban J connectivity index is 2.27. The molecule has 1 heterocycles. The van der Waals surface area contributed by atoms with E-state index in [0.29, 0.717) is 17.9 Å². The average Bonchev–Trinajstić information content (AvgIpc) is 2.77. The van der Waals surface area contributed by atoms with Crippen LogP contribution >= 0.6 is 0 Å². The summed E-state index contributed by atoms with van der Waals surface area (Å²) in [6.07, 6.45) is 1.69. The lowest BCUT2D eigenvalue weighted by atomic mass is 10.0. The van der Waals surface area contributed by atoms with Crippen molar-refractivity contribution in [1.82, 2.24) is 9.78 Å². The molecule has 2 aromatic rings. The van der Waals surface area contributed by atoms with Crippen molar-refractivity contribution in [2.45, 2.75) is 27.3 Å². The first kappa shape index (κ1) is 15.6. The average molecular weight is 307 g/mol. The maximum Gasteiger partial charge on any atom is 0.151 e. The fraction of sp³-hybridized carbons (Fsp3) is 0.400. The summed E-state index contributed by atoms with van der Waals surface area (Å²) < 4.78 is 24.7. The van der Waals surface area contributed by atoms with Gasteiger partial charge in [0.15, 0.2) is 9.84 Å². The number of aromatic nitrogens is 2. The summed E-state index contributed by atoms with van der Waals surface area (Å²) in [6, 6.07) is 6.14. The first-order chi connectivity index (χ1) is 9.80. The highest BCUT2D eigenvalue weighted by Crippen LogP contribution is 2.26. The number of anilines is 1. The molecule has 6 heteroatoms. The summed E-state index contributed by atoms with van der Waals surface area (Å²) in [5, 5.41) is 4.43. The maximum atomic E-state index is 11.6. The standard InChI is InChI=1S/C15H21N3O2S/c1-4-21(19,20)6-5-18-10-14(16)15(17-18)13-8-11(2)7-12(3)9-13/h7-10H,4-6,16H2,1-3H3. The van der Waals surface area contributed by atoms with Crippen LogP contribution < -0.4 is 5.73 Å². The second kappa shape index (κ2) is 5.89. The molecule has 2 rings (SSSR count). The van der Waals surface area contributed by atoms with Gasteiger partial charge < -0.3 is 5.73 Å². The molecule has 0 fully saturated rings. The minimum Gasteiger partial charge on any atom is -0.396 e. The van der Waals surface area contributed by atoms with Gasteiger partial charge in [-0.15, -0.1) is 0 Å². The highest BCUT2D eigenvalue weighted by Gasteiger charge is 2.12. The molecule has 0 saturated carbocycles. The van der Waals surface area contributed by atoms with Gasteiger partial charge in [0.1, 0.15) is 5.69 Å². The second-order valence-electron chi connectivity index (χ2n) is 5.31. The van der Waals surface area contributed by atoms with E-state index in [1.54, 1.807) is 17.8 Å². The normalized spacial score (nSPS) is 11.8. The Morgan fingerprint density at radius 1 is 1.19 bits per heavy atom. The smallest absolute Gasteiger partial charge is 0.151 e. The number of sulfone groups is 1. The Morgan fingerprint density at radius 3 is 2.38 bits per heavy atom. The van der Waals surface area contributed by atoms with E-state index in [1.165, 1.54) is 0 Å². The van der Waals surface area contributed by atoms with E-state index in [4.69, 9.17) is 5.73 Å². The molecule has 5 nitrogen and oxygen atoms in total. The third-order valence-corrected chi connectivity index (χ3v) is 5.04. The summed E-state index contributed by atoms with van der Waals surface area (Å²) in [7, 11) is -3.00. The quantitative estimate of drug-likeness (QED) is 0.918. The van der Waals surface area contributed by atoms with E-state index in [-0.39, 0.29) is 11.5 Å². The van der Waals surface area contributed by atoms with Crippen molar-refractivity contribution in [2.75, 3.05) is 17.2 Å². The van der Waals surface area contributed by atoms with Gasteiger partial charge in [-0.25, -0.2) is 8.42 Å². The topological polar surface area (TPSA) is 78.0 Å². The molecule has 0 aliphatic heterocycles. The fourth-order valence-electron chi connectivity index (χ4n) is 2.26. The minimum atomic E-state index is -3.00. The van der Waals surface area contributed by atoms with Gasteiger partial charge >= 0.3 is 0 Å². The van der Waals surface area contributed by atoms with Gasteiger partial charge in [0.2, 0.25) is 0 Å². The van der Waals surface area contributed by atoms with Crippen LogP contribution in [0.3, 0.4) is 0 Å². The Hall–Kier alpha value is -1.82. The van der Waals surface area contributed by atoms with Crippen LogP contribution in [0.15, 0.2) is 24.4 Å². The molecule has 0 amide bonds. The zero-order chi connectivity index (χ0) is 15.6. The zero-order valence-electron chi connectivity index (χ0n) is 12.6. The van der Waals surface area contributed by atoms with Crippen LogP contribution in [-0.2, 0) is 16.4 Å². The van der Waals surface area contributed by atoms with Gasteiger partial charge in [0.25, 0.3) is 0 Å². The number of nitrogen functional groups attached to an aromatic ring is 1. The molecular weight excluding hydrogens is 286 g/mol. The monoisotopic (exact) mass is 307 g/mol. The Morgan fingerprint density at radius 2 is 1.81 bits per heavy atom. The van der Waals surface area contributed by atoms with E-state index in [9.17, 15) is 8.42 Å². The fourth-order valence-corrected chi connectivity index (χ4v) is 3.02. The van der Waals surface area contributed by atoms with Crippen molar-refractivity contribution >= 4 is 15.5 Å². The van der Waals surface area contributed by atoms with Crippen LogP contribution in [0.2, 0.25) is 0 Å². The molecule has 0 aliphatic rings. The van der Waals surface area contributed by atoms with Gasteiger partial charge in [0, 0.05) is 17.5 Å². The SMILES string of the molecule is CCS(=O)(=O)CCn1cc(N)c(-c2cc(C)cc(C)c2)n1. The third-order valence-electron chi connectivity index (χ3n) is 3.36. The Labute approximate surface area is 125 Å². The minimum absolute atomic E-state index is 0.0803. The van der Waals surface area contributed by atoms with Crippen molar-refractivity contribution in [3.8, 4) is 11.3 Å². The Kier molecular flexibility index (Phi) is 4.37. The number of benzene rings is 1. The number of aryl methyl sites for hydroxylation is 3. The molecule has 0 radical (unpaired) electrons. The lowest BCUT2D eigenvalue weighted by molar-refractivity contribution is 0.582. The van der Waals surface area contributed by atoms with Crippen molar-refractivity contribution < 1.29 is 8.42 Å².